The van der Waals surface area contributed by atoms with Crippen LogP contribution in [-0.4, -0.2) is 4.98 Å². The monoisotopic (exact) mass is 226 g/mol. The maximum absolute atomic E-state index is 5.86. The Morgan fingerprint density at radius 3 is 3.00 bits per heavy atom. The molecule has 14 heavy (non-hydrogen) atoms. The number of rotatable bonds is 2. The Morgan fingerprint density at radius 2 is 2.29 bits per heavy atom. The van der Waals surface area contributed by atoms with Crippen LogP contribution < -0.4 is 5.73 Å². The van der Waals surface area contributed by atoms with E-state index in [1.165, 1.54) is 18.0 Å². The summed E-state index contributed by atoms with van der Waals surface area (Å²) >= 11 is 7.21. The fraction of sp³-hybridized carbons (Fsp3) is 0. The lowest BCUT2D eigenvalue weighted by atomic mass is 10.3. The van der Waals surface area contributed by atoms with E-state index in [9.17, 15) is 0 Å². The highest BCUT2D eigenvalue weighted by Crippen LogP contribution is 2.34. The number of oxazole rings is 1. The highest BCUT2D eigenvalue weighted by Gasteiger charge is 2.07. The maximum Gasteiger partial charge on any atom is 0.260 e. The maximum atomic E-state index is 5.86. The molecule has 0 bridgehead atoms. The van der Waals surface area contributed by atoms with Crippen LogP contribution in [0.1, 0.15) is 0 Å². The Hall–Kier alpha value is -1.13. The minimum Gasteiger partial charge on any atom is -0.440 e. The van der Waals surface area contributed by atoms with Gasteiger partial charge >= 0.3 is 0 Å². The number of para-hydroxylation sites is 1. The van der Waals surface area contributed by atoms with Crippen molar-refractivity contribution in [1.29, 1.82) is 0 Å². The van der Waals surface area contributed by atoms with Gasteiger partial charge in [-0.1, -0.05) is 17.7 Å². The largest absolute Gasteiger partial charge is 0.440 e. The number of halogens is 1. The van der Waals surface area contributed by atoms with E-state index in [0.717, 1.165) is 4.90 Å². The van der Waals surface area contributed by atoms with Gasteiger partial charge in [0, 0.05) is 4.90 Å². The van der Waals surface area contributed by atoms with Crippen molar-refractivity contribution in [1.82, 2.24) is 4.98 Å². The highest BCUT2D eigenvalue weighted by atomic mass is 35.5. The fourth-order valence-electron chi connectivity index (χ4n) is 0.961. The highest BCUT2D eigenvalue weighted by molar-refractivity contribution is 7.99. The summed E-state index contributed by atoms with van der Waals surface area (Å²) in [5, 5.41) is 1.10. The molecular formula is C9H7ClN2OS. The van der Waals surface area contributed by atoms with Crippen molar-refractivity contribution in [3.8, 4) is 0 Å². The van der Waals surface area contributed by atoms with Gasteiger partial charge in [0.2, 0.25) is 0 Å². The Balaban J connectivity index is 2.29. The molecule has 72 valence electrons. The molecule has 0 unspecified atom stereocenters. The zero-order valence-corrected chi connectivity index (χ0v) is 8.68. The fourth-order valence-corrected chi connectivity index (χ4v) is 1.96. The molecule has 2 N–H and O–H groups in total. The summed E-state index contributed by atoms with van der Waals surface area (Å²) in [5.74, 6) is 0. The third-order valence-electron chi connectivity index (χ3n) is 1.62. The second-order valence-corrected chi connectivity index (χ2v) is 3.95. The van der Waals surface area contributed by atoms with Crippen LogP contribution in [0.3, 0.4) is 0 Å². The van der Waals surface area contributed by atoms with Crippen molar-refractivity contribution < 1.29 is 4.42 Å². The number of benzene rings is 1. The third-order valence-corrected chi connectivity index (χ3v) is 2.90. The van der Waals surface area contributed by atoms with Crippen molar-refractivity contribution in [3.63, 3.8) is 0 Å². The van der Waals surface area contributed by atoms with Gasteiger partial charge < -0.3 is 10.2 Å². The van der Waals surface area contributed by atoms with Gasteiger partial charge in [0.25, 0.3) is 5.22 Å². The zero-order chi connectivity index (χ0) is 9.97. The van der Waals surface area contributed by atoms with Crippen molar-refractivity contribution in [2.75, 3.05) is 5.73 Å². The van der Waals surface area contributed by atoms with E-state index in [-0.39, 0.29) is 0 Å². The number of hydrogen-bond acceptors (Lipinski definition) is 4. The SMILES string of the molecule is Nc1c(Cl)cccc1Sc1ncco1. The van der Waals surface area contributed by atoms with Gasteiger partial charge in [-0.05, 0) is 23.9 Å². The van der Waals surface area contributed by atoms with E-state index >= 15 is 0 Å². The first kappa shape index (κ1) is 9.43. The molecule has 0 spiro atoms. The lowest BCUT2D eigenvalue weighted by Crippen LogP contribution is -1.89. The summed E-state index contributed by atoms with van der Waals surface area (Å²) in [6.45, 7) is 0. The first-order valence-corrected chi connectivity index (χ1v) is 5.08. The van der Waals surface area contributed by atoms with Crippen LogP contribution in [0.15, 0.2) is 45.2 Å². The van der Waals surface area contributed by atoms with Crippen molar-refractivity contribution in [2.45, 2.75) is 10.1 Å². The third kappa shape index (κ3) is 1.86. The van der Waals surface area contributed by atoms with Crippen molar-refractivity contribution in [2.24, 2.45) is 0 Å². The molecular weight excluding hydrogens is 220 g/mol. The van der Waals surface area contributed by atoms with E-state index in [4.69, 9.17) is 21.8 Å². The Kier molecular flexibility index (Phi) is 2.65. The summed E-state index contributed by atoms with van der Waals surface area (Å²) in [5.41, 5.74) is 6.33. The van der Waals surface area contributed by atoms with E-state index in [1.807, 2.05) is 12.1 Å². The van der Waals surface area contributed by atoms with E-state index < -0.39 is 0 Å². The molecule has 2 rings (SSSR count). The predicted molar refractivity (Wildman–Crippen MR) is 56.5 cm³/mol. The predicted octanol–water partition coefficient (Wildman–Crippen LogP) is 3.06. The molecule has 2 aromatic rings. The second-order valence-electron chi connectivity index (χ2n) is 2.55. The number of anilines is 1. The molecule has 0 atom stereocenters. The van der Waals surface area contributed by atoms with Gasteiger partial charge in [-0.3, -0.25) is 0 Å². The lowest BCUT2D eigenvalue weighted by Gasteiger charge is -2.03. The quantitative estimate of drug-likeness (QED) is 0.800. The molecule has 0 radical (unpaired) electrons. The van der Waals surface area contributed by atoms with Crippen LogP contribution in [0.25, 0.3) is 0 Å². The molecule has 0 fully saturated rings. The molecule has 0 amide bonds. The summed E-state index contributed by atoms with van der Waals surface area (Å²) in [7, 11) is 0. The second kappa shape index (κ2) is 3.94. The molecule has 0 aliphatic carbocycles. The number of hydrogen-bond donors (Lipinski definition) is 1. The van der Waals surface area contributed by atoms with Gasteiger partial charge in [0.05, 0.1) is 16.9 Å². The molecule has 0 aliphatic rings. The van der Waals surface area contributed by atoms with Crippen LogP contribution in [0.2, 0.25) is 5.02 Å². The molecule has 1 aromatic carbocycles. The van der Waals surface area contributed by atoms with Gasteiger partial charge in [0.15, 0.2) is 0 Å². The van der Waals surface area contributed by atoms with Gasteiger partial charge in [-0.15, -0.1) is 0 Å². The van der Waals surface area contributed by atoms with Crippen molar-refractivity contribution >= 4 is 29.1 Å². The minimum atomic E-state index is 0.543. The van der Waals surface area contributed by atoms with Gasteiger partial charge in [-0.2, -0.15) is 0 Å². The zero-order valence-electron chi connectivity index (χ0n) is 7.11. The van der Waals surface area contributed by atoms with Gasteiger partial charge in [0.1, 0.15) is 6.26 Å². The van der Waals surface area contributed by atoms with Crippen LogP contribution >= 0.6 is 23.4 Å². The number of nitrogens with two attached hydrogens (primary N) is 1. The molecule has 0 saturated heterocycles. The first-order chi connectivity index (χ1) is 6.77. The first-order valence-electron chi connectivity index (χ1n) is 3.88. The average molecular weight is 227 g/mol. The number of nitrogen functional groups attached to an aromatic ring is 1. The summed E-state index contributed by atoms with van der Waals surface area (Å²) in [6, 6.07) is 5.45. The van der Waals surface area contributed by atoms with E-state index in [0.29, 0.717) is 15.9 Å². The molecule has 1 heterocycles. The Labute approximate surface area is 90.3 Å². The topological polar surface area (TPSA) is 52.0 Å². The van der Waals surface area contributed by atoms with Gasteiger partial charge in [-0.25, -0.2) is 4.98 Å². The van der Waals surface area contributed by atoms with Crippen molar-refractivity contribution in [3.05, 3.63) is 35.7 Å². The van der Waals surface area contributed by atoms with Crippen LogP contribution in [0.5, 0.6) is 0 Å². The van der Waals surface area contributed by atoms with E-state index in [1.54, 1.807) is 12.3 Å². The molecule has 5 heteroatoms. The summed E-state index contributed by atoms with van der Waals surface area (Å²) in [6.07, 6.45) is 3.10. The smallest absolute Gasteiger partial charge is 0.260 e. The molecule has 0 saturated carbocycles. The Morgan fingerprint density at radius 1 is 1.43 bits per heavy atom. The lowest BCUT2D eigenvalue weighted by molar-refractivity contribution is 0.454. The molecule has 0 aliphatic heterocycles. The normalized spacial score (nSPS) is 10.4. The average Bonchev–Trinajstić information content (AvgIpc) is 2.66. The minimum absolute atomic E-state index is 0.543. The summed E-state index contributed by atoms with van der Waals surface area (Å²) < 4.78 is 5.09. The van der Waals surface area contributed by atoms with Crippen LogP contribution in [-0.2, 0) is 0 Å². The van der Waals surface area contributed by atoms with Crippen LogP contribution in [0.4, 0.5) is 5.69 Å². The number of aromatic nitrogens is 1. The summed E-state index contributed by atoms with van der Waals surface area (Å²) in [4.78, 5) is 4.83. The molecule has 3 nitrogen and oxygen atoms in total. The Bertz CT molecular complexity index is 430. The van der Waals surface area contributed by atoms with E-state index in [2.05, 4.69) is 4.98 Å². The van der Waals surface area contributed by atoms with Crippen LogP contribution in [0, 0.1) is 0 Å². The molecule has 1 aromatic heterocycles. The standard InChI is InChI=1S/C9H7ClN2OS/c10-6-2-1-3-7(8(6)11)14-9-12-4-5-13-9/h1-5H,11H2. The number of nitrogens with zero attached hydrogens (tertiary/aromatic N) is 1.